The minimum atomic E-state index is -0.130. The number of benzene rings is 2. The standard InChI is InChI=1S/C20H19ClN2O4/c21-16-12-18-17(26-8-9-27-18)10-14(16)11-19(24)22-6-7-23(20(25)13-22)15-4-2-1-3-5-15/h1-5,10,12H,6-9,11,13H2. The zero-order chi connectivity index (χ0) is 18.8. The molecule has 0 bridgehead atoms. The summed E-state index contributed by atoms with van der Waals surface area (Å²) in [6.45, 7) is 1.98. The van der Waals surface area contributed by atoms with E-state index in [1.165, 1.54) is 0 Å². The normalized spacial score (nSPS) is 16.4. The monoisotopic (exact) mass is 386 g/mol. The highest BCUT2D eigenvalue weighted by molar-refractivity contribution is 6.31. The third-order valence-corrected chi connectivity index (χ3v) is 5.05. The Morgan fingerprint density at radius 2 is 1.74 bits per heavy atom. The first-order valence-corrected chi connectivity index (χ1v) is 9.21. The Labute approximate surface area is 162 Å². The average Bonchev–Trinajstić information content (AvgIpc) is 2.69. The zero-order valence-corrected chi connectivity index (χ0v) is 15.4. The van der Waals surface area contributed by atoms with Gasteiger partial charge >= 0.3 is 0 Å². The summed E-state index contributed by atoms with van der Waals surface area (Å²) in [6, 6.07) is 12.9. The van der Waals surface area contributed by atoms with Crippen LogP contribution in [0.3, 0.4) is 0 Å². The Morgan fingerprint density at radius 3 is 2.44 bits per heavy atom. The molecule has 0 aliphatic carbocycles. The fraction of sp³-hybridized carbons (Fsp3) is 0.300. The summed E-state index contributed by atoms with van der Waals surface area (Å²) in [5, 5.41) is 0.460. The van der Waals surface area contributed by atoms with Crippen LogP contribution in [0.25, 0.3) is 0 Å². The van der Waals surface area contributed by atoms with E-state index < -0.39 is 0 Å². The molecule has 2 amide bonds. The molecule has 0 radical (unpaired) electrons. The number of piperazine rings is 1. The van der Waals surface area contributed by atoms with Crippen LogP contribution in [0.4, 0.5) is 5.69 Å². The number of carbonyl (C=O) groups excluding carboxylic acids is 2. The summed E-state index contributed by atoms with van der Waals surface area (Å²) in [5.74, 6) is 0.969. The molecule has 27 heavy (non-hydrogen) atoms. The van der Waals surface area contributed by atoms with Gasteiger partial charge in [0.15, 0.2) is 11.5 Å². The van der Waals surface area contributed by atoms with E-state index in [1.807, 2.05) is 30.3 Å². The van der Waals surface area contributed by atoms with Crippen molar-refractivity contribution in [1.29, 1.82) is 0 Å². The van der Waals surface area contributed by atoms with E-state index >= 15 is 0 Å². The van der Waals surface area contributed by atoms with Crippen molar-refractivity contribution < 1.29 is 19.1 Å². The van der Waals surface area contributed by atoms with E-state index in [1.54, 1.807) is 21.9 Å². The molecule has 2 heterocycles. The summed E-state index contributed by atoms with van der Waals surface area (Å²) in [7, 11) is 0. The van der Waals surface area contributed by atoms with Crippen molar-refractivity contribution in [2.45, 2.75) is 6.42 Å². The van der Waals surface area contributed by atoms with Crippen molar-refractivity contribution in [3.63, 3.8) is 0 Å². The van der Waals surface area contributed by atoms with Gasteiger partial charge in [0.05, 0.1) is 6.42 Å². The molecule has 2 aliphatic heterocycles. The van der Waals surface area contributed by atoms with Gasteiger partial charge in [0.1, 0.15) is 19.8 Å². The van der Waals surface area contributed by atoms with Crippen LogP contribution in [0, 0.1) is 0 Å². The van der Waals surface area contributed by atoms with Crippen molar-refractivity contribution >= 4 is 29.1 Å². The molecule has 7 heteroatoms. The van der Waals surface area contributed by atoms with Crippen LogP contribution < -0.4 is 14.4 Å². The first kappa shape index (κ1) is 17.7. The maximum atomic E-state index is 12.7. The second-order valence-electron chi connectivity index (χ2n) is 6.46. The van der Waals surface area contributed by atoms with Gasteiger partial charge in [0, 0.05) is 29.9 Å². The summed E-state index contributed by atoms with van der Waals surface area (Å²) in [4.78, 5) is 28.5. The number of para-hydroxylation sites is 1. The maximum Gasteiger partial charge on any atom is 0.246 e. The highest BCUT2D eigenvalue weighted by Gasteiger charge is 2.28. The fourth-order valence-corrected chi connectivity index (χ4v) is 3.50. The summed E-state index contributed by atoms with van der Waals surface area (Å²) in [6.07, 6.45) is 0.119. The molecular formula is C20H19ClN2O4. The zero-order valence-electron chi connectivity index (χ0n) is 14.7. The van der Waals surface area contributed by atoms with Crippen LogP contribution in [0.5, 0.6) is 11.5 Å². The number of fused-ring (bicyclic) bond motifs is 1. The molecule has 140 valence electrons. The van der Waals surface area contributed by atoms with Crippen molar-refractivity contribution in [2.75, 3.05) is 37.7 Å². The number of rotatable bonds is 3. The lowest BCUT2D eigenvalue weighted by Crippen LogP contribution is -2.52. The molecule has 0 N–H and O–H groups in total. The van der Waals surface area contributed by atoms with E-state index in [2.05, 4.69) is 0 Å². The van der Waals surface area contributed by atoms with Crippen molar-refractivity contribution in [1.82, 2.24) is 4.90 Å². The average molecular weight is 387 g/mol. The van der Waals surface area contributed by atoms with Gasteiger partial charge in [-0.05, 0) is 23.8 Å². The smallest absolute Gasteiger partial charge is 0.246 e. The topological polar surface area (TPSA) is 59.1 Å². The van der Waals surface area contributed by atoms with Gasteiger partial charge in [0.25, 0.3) is 0 Å². The van der Waals surface area contributed by atoms with Gasteiger partial charge in [-0.1, -0.05) is 29.8 Å². The Bertz CT molecular complexity index is 872. The van der Waals surface area contributed by atoms with Crippen LogP contribution in [0.2, 0.25) is 5.02 Å². The number of amides is 2. The van der Waals surface area contributed by atoms with Crippen LogP contribution in [0.15, 0.2) is 42.5 Å². The van der Waals surface area contributed by atoms with Crippen LogP contribution >= 0.6 is 11.6 Å². The molecule has 1 fully saturated rings. The molecule has 0 aromatic heterocycles. The molecular weight excluding hydrogens is 368 g/mol. The molecule has 4 rings (SSSR count). The molecule has 2 aromatic carbocycles. The van der Waals surface area contributed by atoms with Crippen molar-refractivity contribution in [2.24, 2.45) is 0 Å². The second kappa shape index (κ2) is 7.48. The first-order chi connectivity index (χ1) is 13.1. The molecule has 0 atom stereocenters. The highest BCUT2D eigenvalue weighted by atomic mass is 35.5. The predicted molar refractivity (Wildman–Crippen MR) is 102 cm³/mol. The maximum absolute atomic E-state index is 12.7. The lowest BCUT2D eigenvalue weighted by molar-refractivity contribution is -0.136. The number of carbonyl (C=O) groups is 2. The molecule has 2 aliphatic rings. The fourth-order valence-electron chi connectivity index (χ4n) is 3.28. The number of nitrogens with zero attached hydrogens (tertiary/aromatic N) is 2. The predicted octanol–water partition coefficient (Wildman–Crippen LogP) is 2.53. The molecule has 6 nitrogen and oxygen atoms in total. The van der Waals surface area contributed by atoms with Gasteiger partial charge in [-0.15, -0.1) is 0 Å². The number of ether oxygens (including phenoxy) is 2. The van der Waals surface area contributed by atoms with Gasteiger partial charge < -0.3 is 19.3 Å². The third kappa shape index (κ3) is 3.71. The Balaban J connectivity index is 1.43. The highest BCUT2D eigenvalue weighted by Crippen LogP contribution is 2.35. The molecule has 0 spiro atoms. The Morgan fingerprint density at radius 1 is 1.04 bits per heavy atom. The lowest BCUT2D eigenvalue weighted by atomic mass is 10.1. The van der Waals surface area contributed by atoms with Crippen LogP contribution in [0.1, 0.15) is 5.56 Å². The third-order valence-electron chi connectivity index (χ3n) is 4.69. The van der Waals surface area contributed by atoms with Crippen LogP contribution in [-0.4, -0.2) is 49.6 Å². The molecule has 0 saturated carbocycles. The first-order valence-electron chi connectivity index (χ1n) is 8.83. The van der Waals surface area contributed by atoms with Crippen molar-refractivity contribution in [3.8, 4) is 11.5 Å². The minimum Gasteiger partial charge on any atom is -0.486 e. The van der Waals surface area contributed by atoms with E-state index in [0.717, 1.165) is 5.69 Å². The van der Waals surface area contributed by atoms with Crippen molar-refractivity contribution in [3.05, 3.63) is 53.1 Å². The minimum absolute atomic E-state index is 0.0654. The van der Waals surface area contributed by atoms with Gasteiger partial charge in [-0.2, -0.15) is 0 Å². The summed E-state index contributed by atoms with van der Waals surface area (Å²) in [5.41, 5.74) is 1.52. The van der Waals surface area contributed by atoms with Gasteiger partial charge in [-0.25, -0.2) is 0 Å². The van der Waals surface area contributed by atoms with Gasteiger partial charge in [-0.3, -0.25) is 9.59 Å². The Kier molecular flexibility index (Phi) is 4.90. The Hall–Kier alpha value is -2.73. The van der Waals surface area contributed by atoms with E-state index in [4.69, 9.17) is 21.1 Å². The number of anilines is 1. The summed E-state index contributed by atoms with van der Waals surface area (Å²) < 4.78 is 11.1. The van der Waals surface area contributed by atoms with E-state index in [9.17, 15) is 9.59 Å². The summed E-state index contributed by atoms with van der Waals surface area (Å²) >= 11 is 6.29. The second-order valence-corrected chi connectivity index (χ2v) is 6.87. The molecule has 1 saturated heterocycles. The number of hydrogen-bond donors (Lipinski definition) is 0. The number of halogens is 1. The molecule has 0 unspecified atom stereocenters. The van der Waals surface area contributed by atoms with E-state index in [0.29, 0.717) is 48.4 Å². The SMILES string of the molecule is O=C(Cc1cc2c(cc1Cl)OCCO2)N1CCN(c2ccccc2)C(=O)C1. The largest absolute Gasteiger partial charge is 0.486 e. The molecule has 2 aromatic rings. The van der Waals surface area contributed by atoms with E-state index in [-0.39, 0.29) is 24.8 Å². The lowest BCUT2D eigenvalue weighted by Gasteiger charge is -2.34. The van der Waals surface area contributed by atoms with Gasteiger partial charge in [0.2, 0.25) is 11.8 Å². The van der Waals surface area contributed by atoms with Crippen LogP contribution in [-0.2, 0) is 16.0 Å². The quantitative estimate of drug-likeness (QED) is 0.813. The number of hydrogen-bond acceptors (Lipinski definition) is 4.